The van der Waals surface area contributed by atoms with E-state index in [2.05, 4.69) is 29.0 Å². The maximum absolute atomic E-state index is 6.21. The van der Waals surface area contributed by atoms with Gasteiger partial charge in [-0.3, -0.25) is 4.99 Å². The lowest BCUT2D eigenvalue weighted by Crippen LogP contribution is -2.47. The van der Waals surface area contributed by atoms with E-state index < -0.39 is 0 Å². The first-order valence-electron chi connectivity index (χ1n) is 10.9. The Balaban J connectivity index is 1.42. The summed E-state index contributed by atoms with van der Waals surface area (Å²) >= 11 is 1.82. The van der Waals surface area contributed by atoms with Crippen molar-refractivity contribution in [3.8, 4) is 0 Å². The average Bonchev–Trinajstić information content (AvgIpc) is 3.38. The summed E-state index contributed by atoms with van der Waals surface area (Å²) in [6.45, 7) is 9.09. The maximum Gasteiger partial charge on any atom is 0.193 e. The molecule has 6 heteroatoms. The first-order valence-corrected chi connectivity index (χ1v) is 11.7. The van der Waals surface area contributed by atoms with Crippen LogP contribution < -0.4 is 5.32 Å². The Labute approximate surface area is 168 Å². The van der Waals surface area contributed by atoms with E-state index in [0.29, 0.717) is 6.10 Å². The molecule has 1 aromatic heterocycles. The quantitative estimate of drug-likeness (QED) is 0.539. The summed E-state index contributed by atoms with van der Waals surface area (Å²) in [5, 5.41) is 4.66. The third-order valence-electron chi connectivity index (χ3n) is 5.66. The predicted octanol–water partition coefficient (Wildman–Crippen LogP) is 3.88. The van der Waals surface area contributed by atoms with Crippen molar-refractivity contribution in [3.63, 3.8) is 0 Å². The number of aromatic nitrogens is 1. The minimum Gasteiger partial charge on any atom is -0.378 e. The number of guanidine groups is 1. The van der Waals surface area contributed by atoms with Crippen molar-refractivity contribution in [2.45, 2.75) is 71.3 Å². The smallest absolute Gasteiger partial charge is 0.193 e. The molecule has 1 saturated carbocycles. The Bertz CT molecular complexity index is 574. The van der Waals surface area contributed by atoms with Crippen LogP contribution in [-0.2, 0) is 17.6 Å². The molecular weight excluding hydrogens is 356 g/mol. The molecular formula is C21H36N4OS. The van der Waals surface area contributed by atoms with Gasteiger partial charge in [0.15, 0.2) is 5.96 Å². The van der Waals surface area contributed by atoms with Gasteiger partial charge in [0.1, 0.15) is 0 Å². The van der Waals surface area contributed by atoms with E-state index in [1.165, 1.54) is 35.6 Å². The summed E-state index contributed by atoms with van der Waals surface area (Å²) in [5.74, 6) is 1.88. The van der Waals surface area contributed by atoms with E-state index in [4.69, 9.17) is 9.73 Å². The highest BCUT2D eigenvalue weighted by Gasteiger charge is 2.23. The summed E-state index contributed by atoms with van der Waals surface area (Å²) in [6, 6.07) is 0. The van der Waals surface area contributed by atoms with Crippen molar-refractivity contribution >= 4 is 17.3 Å². The molecule has 1 aliphatic carbocycles. The summed E-state index contributed by atoms with van der Waals surface area (Å²) < 4.78 is 6.21. The Morgan fingerprint density at radius 3 is 2.70 bits per heavy atom. The second-order valence-electron chi connectivity index (χ2n) is 7.73. The van der Waals surface area contributed by atoms with Gasteiger partial charge < -0.3 is 15.0 Å². The van der Waals surface area contributed by atoms with Crippen LogP contribution in [-0.4, -0.2) is 54.7 Å². The van der Waals surface area contributed by atoms with Crippen LogP contribution in [0.3, 0.4) is 0 Å². The van der Waals surface area contributed by atoms with Gasteiger partial charge in [-0.1, -0.05) is 19.8 Å². The zero-order valence-electron chi connectivity index (χ0n) is 17.1. The molecule has 152 valence electrons. The minimum absolute atomic E-state index is 0.438. The molecule has 0 aromatic carbocycles. The van der Waals surface area contributed by atoms with Gasteiger partial charge in [-0.15, -0.1) is 11.3 Å². The van der Waals surface area contributed by atoms with Gasteiger partial charge >= 0.3 is 0 Å². The summed E-state index contributed by atoms with van der Waals surface area (Å²) in [5.41, 5.74) is 0. The van der Waals surface area contributed by atoms with Gasteiger partial charge in [-0.2, -0.15) is 0 Å². The van der Waals surface area contributed by atoms with Crippen molar-refractivity contribution in [1.29, 1.82) is 0 Å². The fourth-order valence-corrected chi connectivity index (χ4v) is 4.84. The van der Waals surface area contributed by atoms with E-state index in [-0.39, 0.29) is 0 Å². The number of likely N-dealkylation sites (tertiary alicyclic amines) is 1. The van der Waals surface area contributed by atoms with Crippen LogP contribution in [0.4, 0.5) is 0 Å². The van der Waals surface area contributed by atoms with Gasteiger partial charge in [0, 0.05) is 50.3 Å². The number of rotatable bonds is 8. The molecule has 0 bridgehead atoms. The summed E-state index contributed by atoms with van der Waals surface area (Å²) in [4.78, 5) is 13.1. The lowest BCUT2D eigenvalue weighted by atomic mass is 10.1. The van der Waals surface area contributed by atoms with Crippen LogP contribution >= 0.6 is 11.3 Å². The summed E-state index contributed by atoms with van der Waals surface area (Å²) in [6.07, 6.45) is 12.2. The summed E-state index contributed by atoms with van der Waals surface area (Å²) in [7, 11) is 0. The number of piperidine rings is 1. The Kier molecular flexibility index (Phi) is 8.39. The number of hydrogen-bond acceptors (Lipinski definition) is 4. The molecule has 1 saturated heterocycles. The molecule has 0 spiro atoms. The van der Waals surface area contributed by atoms with E-state index >= 15 is 0 Å². The van der Waals surface area contributed by atoms with Crippen LogP contribution in [0.15, 0.2) is 11.2 Å². The van der Waals surface area contributed by atoms with Crippen LogP contribution in [0.2, 0.25) is 0 Å². The molecule has 27 heavy (non-hydrogen) atoms. The van der Waals surface area contributed by atoms with Crippen LogP contribution in [0, 0.1) is 5.92 Å². The molecule has 0 unspecified atom stereocenters. The molecule has 0 atom stereocenters. The van der Waals surface area contributed by atoms with Gasteiger partial charge in [-0.05, 0) is 44.9 Å². The Morgan fingerprint density at radius 2 is 2.04 bits per heavy atom. The lowest BCUT2D eigenvalue weighted by Gasteiger charge is -2.34. The lowest BCUT2D eigenvalue weighted by molar-refractivity contribution is 0.00102. The molecule has 2 heterocycles. The first kappa shape index (κ1) is 20.6. The van der Waals surface area contributed by atoms with E-state index in [9.17, 15) is 0 Å². The fourth-order valence-electron chi connectivity index (χ4n) is 3.99. The monoisotopic (exact) mass is 392 g/mol. The molecule has 2 aliphatic rings. The van der Waals surface area contributed by atoms with E-state index in [1.54, 1.807) is 0 Å². The molecule has 1 aliphatic heterocycles. The third-order valence-corrected chi connectivity index (χ3v) is 6.86. The molecule has 5 nitrogen and oxygen atoms in total. The maximum atomic E-state index is 6.21. The number of thiazole rings is 1. The third kappa shape index (κ3) is 6.46. The van der Waals surface area contributed by atoms with Gasteiger partial charge in [0.25, 0.3) is 0 Å². The highest BCUT2D eigenvalue weighted by Crippen LogP contribution is 2.26. The van der Waals surface area contributed by atoms with Crippen LogP contribution in [0.5, 0.6) is 0 Å². The van der Waals surface area contributed by atoms with Gasteiger partial charge in [0.2, 0.25) is 0 Å². The van der Waals surface area contributed by atoms with Crippen molar-refractivity contribution in [1.82, 2.24) is 15.2 Å². The standard InChI is InChI=1S/C21H36N4OS/c1-3-19-15-24-20(27-19)9-12-23-21(22-4-2)25-13-10-18(11-14-25)26-16-17-7-5-6-8-17/h15,17-18H,3-14,16H2,1-2H3,(H,22,23). The molecule has 2 fully saturated rings. The van der Waals surface area contributed by atoms with E-state index in [0.717, 1.165) is 70.3 Å². The normalized spacial score (nSPS) is 19.8. The largest absolute Gasteiger partial charge is 0.378 e. The molecule has 1 N–H and O–H groups in total. The second-order valence-corrected chi connectivity index (χ2v) is 8.93. The predicted molar refractivity (Wildman–Crippen MR) is 114 cm³/mol. The molecule has 0 amide bonds. The van der Waals surface area contributed by atoms with E-state index in [1.807, 2.05) is 17.5 Å². The number of nitrogens with one attached hydrogen (secondary N) is 1. The highest BCUT2D eigenvalue weighted by molar-refractivity contribution is 7.11. The first-order chi connectivity index (χ1) is 13.3. The molecule has 0 radical (unpaired) electrons. The van der Waals surface area contributed by atoms with Crippen LogP contribution in [0.25, 0.3) is 0 Å². The van der Waals surface area contributed by atoms with Gasteiger partial charge in [-0.25, -0.2) is 4.98 Å². The van der Waals surface area contributed by atoms with Crippen molar-refractivity contribution in [2.75, 3.05) is 32.8 Å². The number of aryl methyl sites for hydroxylation is 1. The number of hydrogen-bond donors (Lipinski definition) is 1. The number of aliphatic imine (C=N–C) groups is 1. The fraction of sp³-hybridized carbons (Fsp3) is 0.810. The Hall–Kier alpha value is -1.14. The highest BCUT2D eigenvalue weighted by atomic mass is 32.1. The number of ether oxygens (including phenoxy) is 1. The zero-order chi connectivity index (χ0) is 18.9. The number of nitrogens with zero attached hydrogens (tertiary/aromatic N) is 3. The Morgan fingerprint density at radius 1 is 1.26 bits per heavy atom. The van der Waals surface area contributed by atoms with Crippen molar-refractivity contribution in [3.05, 3.63) is 16.1 Å². The zero-order valence-corrected chi connectivity index (χ0v) is 17.9. The second kappa shape index (κ2) is 11.0. The minimum atomic E-state index is 0.438. The van der Waals surface area contributed by atoms with Gasteiger partial charge in [0.05, 0.1) is 11.1 Å². The van der Waals surface area contributed by atoms with Crippen LogP contribution in [0.1, 0.15) is 62.3 Å². The molecule has 1 aromatic rings. The average molecular weight is 393 g/mol. The van der Waals surface area contributed by atoms with Crippen molar-refractivity contribution in [2.24, 2.45) is 10.9 Å². The molecule has 3 rings (SSSR count). The topological polar surface area (TPSA) is 49.8 Å². The van der Waals surface area contributed by atoms with Crippen molar-refractivity contribution < 1.29 is 4.74 Å². The SMILES string of the molecule is CCNC(=NCCc1ncc(CC)s1)N1CCC(OCC2CCCC2)CC1.